The summed E-state index contributed by atoms with van der Waals surface area (Å²) in [5.41, 5.74) is 0.788. The zero-order valence-corrected chi connectivity index (χ0v) is 16.9. The van der Waals surface area contributed by atoms with Crippen LogP contribution >= 0.6 is 0 Å². The normalized spacial score (nSPS) is 12.2. The number of H-pyrrole nitrogens is 1. The number of hydrogen-bond acceptors (Lipinski definition) is 2. The minimum atomic E-state index is -1.82. The maximum Gasteiger partial charge on any atom is 0.243 e. The van der Waals surface area contributed by atoms with Crippen LogP contribution < -0.4 is 10.6 Å². The Bertz CT molecular complexity index is 1130. The Morgan fingerprint density at radius 3 is 2.42 bits per heavy atom. The summed E-state index contributed by atoms with van der Waals surface area (Å²) < 4.78 is 54.3. The molecule has 0 spiro atoms. The average Bonchev–Trinajstić information content (AvgIpc) is 3.14. The summed E-state index contributed by atoms with van der Waals surface area (Å²) in [5.74, 6) is -8.03. The average molecular weight is 435 g/mol. The number of carbonyl (C=O) groups excluding carboxylic acids is 2. The Balaban J connectivity index is 1.81. The molecule has 0 saturated carbocycles. The zero-order chi connectivity index (χ0) is 22.7. The Morgan fingerprint density at radius 2 is 1.71 bits per heavy atom. The van der Waals surface area contributed by atoms with Gasteiger partial charge in [0.15, 0.2) is 17.5 Å². The van der Waals surface area contributed by atoms with Gasteiger partial charge in [-0.25, -0.2) is 17.6 Å². The van der Waals surface area contributed by atoms with Crippen molar-refractivity contribution in [3.63, 3.8) is 0 Å². The fraction of sp³-hybridized carbons (Fsp3) is 0.273. The molecule has 2 aromatic carbocycles. The van der Waals surface area contributed by atoms with Crippen LogP contribution in [0, 0.1) is 29.2 Å². The summed E-state index contributed by atoms with van der Waals surface area (Å²) in [7, 11) is 0. The van der Waals surface area contributed by atoms with Crippen molar-refractivity contribution in [3.8, 4) is 0 Å². The molecule has 1 heterocycles. The van der Waals surface area contributed by atoms with Gasteiger partial charge in [-0.15, -0.1) is 0 Å². The number of rotatable bonds is 7. The maximum atomic E-state index is 13.9. The highest BCUT2D eigenvalue weighted by molar-refractivity contribution is 5.90. The standard InChI is InChI=1S/C22H21F4N3O2/c1-11(2)21(30)29-18(7-12-9-27-17-6-4-3-5-13(12)17)22(31)28-10-14-15(23)8-16(24)20(26)19(14)25/h3-6,8-9,11,18,27H,7,10H2,1-2H3,(H,28,31)(H,29,30). The van der Waals surface area contributed by atoms with Crippen molar-refractivity contribution in [1.82, 2.24) is 15.6 Å². The van der Waals surface area contributed by atoms with E-state index < -0.39 is 53.2 Å². The van der Waals surface area contributed by atoms with Crippen LogP contribution in [0.4, 0.5) is 17.6 Å². The van der Waals surface area contributed by atoms with Crippen LogP contribution in [0.2, 0.25) is 0 Å². The molecule has 0 radical (unpaired) electrons. The molecule has 0 aliphatic rings. The third-order valence-corrected chi connectivity index (χ3v) is 4.90. The van der Waals surface area contributed by atoms with Gasteiger partial charge in [0.25, 0.3) is 0 Å². The number of halogens is 4. The molecule has 1 atom stereocenters. The Hall–Kier alpha value is -3.36. The molecule has 3 rings (SSSR count). The Morgan fingerprint density at radius 1 is 1.00 bits per heavy atom. The second kappa shape index (κ2) is 9.20. The minimum Gasteiger partial charge on any atom is -0.361 e. The van der Waals surface area contributed by atoms with Gasteiger partial charge in [0.2, 0.25) is 11.8 Å². The first-order chi connectivity index (χ1) is 14.7. The van der Waals surface area contributed by atoms with E-state index in [1.165, 1.54) is 0 Å². The minimum absolute atomic E-state index is 0.108. The van der Waals surface area contributed by atoms with E-state index in [9.17, 15) is 27.2 Å². The van der Waals surface area contributed by atoms with Crippen LogP contribution in [-0.2, 0) is 22.6 Å². The molecular formula is C22H21F4N3O2. The number of amides is 2. The number of aromatic nitrogens is 1. The lowest BCUT2D eigenvalue weighted by Gasteiger charge is -2.20. The third-order valence-electron chi connectivity index (χ3n) is 4.90. The van der Waals surface area contributed by atoms with Gasteiger partial charge in [0.1, 0.15) is 11.9 Å². The molecule has 3 aromatic rings. The summed E-state index contributed by atoms with van der Waals surface area (Å²) in [6.07, 6.45) is 1.82. The van der Waals surface area contributed by atoms with E-state index in [1.807, 2.05) is 24.3 Å². The Kier molecular flexibility index (Phi) is 6.62. The highest BCUT2D eigenvalue weighted by Gasteiger charge is 2.25. The highest BCUT2D eigenvalue weighted by atomic mass is 19.2. The van der Waals surface area contributed by atoms with Gasteiger partial charge >= 0.3 is 0 Å². The summed E-state index contributed by atoms with van der Waals surface area (Å²) in [6.45, 7) is 2.60. The number of fused-ring (bicyclic) bond motifs is 1. The molecule has 0 fully saturated rings. The molecule has 0 bridgehead atoms. The molecule has 164 valence electrons. The number of carbonyl (C=O) groups is 2. The first-order valence-electron chi connectivity index (χ1n) is 9.64. The first-order valence-corrected chi connectivity index (χ1v) is 9.64. The lowest BCUT2D eigenvalue weighted by molar-refractivity contribution is -0.130. The predicted molar refractivity (Wildman–Crippen MR) is 107 cm³/mol. The van der Waals surface area contributed by atoms with Crippen LogP contribution in [0.1, 0.15) is 25.0 Å². The first kappa shape index (κ1) is 22.3. The van der Waals surface area contributed by atoms with Crippen LogP contribution in [0.3, 0.4) is 0 Å². The van der Waals surface area contributed by atoms with E-state index in [1.54, 1.807) is 20.0 Å². The monoisotopic (exact) mass is 435 g/mol. The summed E-state index contributed by atoms with van der Waals surface area (Å²) in [6, 6.07) is 6.55. The molecule has 0 saturated heterocycles. The molecular weight excluding hydrogens is 414 g/mol. The molecule has 3 N–H and O–H groups in total. The lowest BCUT2D eigenvalue weighted by atomic mass is 10.0. The molecule has 1 aromatic heterocycles. The Labute approximate surface area is 175 Å². The zero-order valence-electron chi connectivity index (χ0n) is 16.9. The van der Waals surface area contributed by atoms with Crippen LogP contribution in [0.5, 0.6) is 0 Å². The number of para-hydroxylation sites is 1. The molecule has 9 heteroatoms. The summed E-state index contributed by atoms with van der Waals surface area (Å²) in [4.78, 5) is 28.0. The molecule has 0 aliphatic heterocycles. The van der Waals surface area contributed by atoms with Gasteiger partial charge < -0.3 is 15.6 Å². The van der Waals surface area contributed by atoms with Crippen molar-refractivity contribution in [2.75, 3.05) is 0 Å². The van der Waals surface area contributed by atoms with E-state index in [0.717, 1.165) is 16.5 Å². The van der Waals surface area contributed by atoms with Gasteiger partial charge in [-0.05, 0) is 11.6 Å². The van der Waals surface area contributed by atoms with Gasteiger partial charge in [0, 0.05) is 47.6 Å². The maximum absolute atomic E-state index is 13.9. The van der Waals surface area contributed by atoms with Crippen LogP contribution in [0.15, 0.2) is 36.5 Å². The van der Waals surface area contributed by atoms with Crippen molar-refractivity contribution in [1.29, 1.82) is 0 Å². The van der Waals surface area contributed by atoms with E-state index in [4.69, 9.17) is 0 Å². The SMILES string of the molecule is CC(C)C(=O)NC(Cc1c[nH]c2ccccc12)C(=O)NCc1c(F)cc(F)c(F)c1F. The second-order valence-corrected chi connectivity index (χ2v) is 7.44. The van der Waals surface area contributed by atoms with Gasteiger partial charge in [-0.1, -0.05) is 32.0 Å². The molecule has 31 heavy (non-hydrogen) atoms. The number of nitrogens with one attached hydrogen (secondary N) is 3. The van der Waals surface area contributed by atoms with E-state index in [-0.39, 0.29) is 18.4 Å². The second-order valence-electron chi connectivity index (χ2n) is 7.44. The number of aromatic amines is 1. The fourth-order valence-corrected chi connectivity index (χ4v) is 3.13. The molecule has 2 amide bonds. The largest absolute Gasteiger partial charge is 0.361 e. The van der Waals surface area contributed by atoms with Crippen LogP contribution in [0.25, 0.3) is 10.9 Å². The smallest absolute Gasteiger partial charge is 0.243 e. The lowest BCUT2D eigenvalue weighted by Crippen LogP contribution is -2.49. The summed E-state index contributed by atoms with van der Waals surface area (Å²) in [5, 5.41) is 5.78. The van der Waals surface area contributed by atoms with Crippen molar-refractivity contribution in [2.24, 2.45) is 5.92 Å². The molecule has 5 nitrogen and oxygen atoms in total. The van der Waals surface area contributed by atoms with Crippen molar-refractivity contribution < 1.29 is 27.2 Å². The van der Waals surface area contributed by atoms with Gasteiger partial charge in [-0.3, -0.25) is 9.59 Å². The highest BCUT2D eigenvalue weighted by Crippen LogP contribution is 2.21. The van der Waals surface area contributed by atoms with Crippen molar-refractivity contribution in [3.05, 3.63) is 70.9 Å². The van der Waals surface area contributed by atoms with E-state index >= 15 is 0 Å². The number of benzene rings is 2. The van der Waals surface area contributed by atoms with E-state index in [2.05, 4.69) is 15.6 Å². The van der Waals surface area contributed by atoms with E-state index in [0.29, 0.717) is 0 Å². The summed E-state index contributed by atoms with van der Waals surface area (Å²) >= 11 is 0. The van der Waals surface area contributed by atoms with Crippen molar-refractivity contribution >= 4 is 22.7 Å². The van der Waals surface area contributed by atoms with Crippen molar-refractivity contribution in [2.45, 2.75) is 32.9 Å². The van der Waals surface area contributed by atoms with Gasteiger partial charge in [0.05, 0.1) is 0 Å². The molecule has 0 aliphatic carbocycles. The number of hydrogen-bond donors (Lipinski definition) is 3. The quantitative estimate of drug-likeness (QED) is 0.301. The predicted octanol–water partition coefficient (Wildman–Crippen LogP) is 3.72. The molecule has 1 unspecified atom stereocenters. The fourth-order valence-electron chi connectivity index (χ4n) is 3.13. The third kappa shape index (κ3) is 4.87. The topological polar surface area (TPSA) is 74.0 Å². The van der Waals surface area contributed by atoms with Gasteiger partial charge in [-0.2, -0.15) is 0 Å². The van der Waals surface area contributed by atoms with Crippen LogP contribution in [-0.4, -0.2) is 22.8 Å².